The van der Waals surface area contributed by atoms with Gasteiger partial charge in [0.25, 0.3) is 0 Å². The molecule has 3 heterocycles. The predicted octanol–water partition coefficient (Wildman–Crippen LogP) is 4.67. The zero-order valence-electron chi connectivity index (χ0n) is 14.8. The first-order valence-electron chi connectivity index (χ1n) is 9.39. The van der Waals surface area contributed by atoms with Crippen LogP contribution in [0.1, 0.15) is 51.5 Å². The number of hydrogen-bond acceptors (Lipinski definition) is 4. The number of benzene rings is 1. The van der Waals surface area contributed by atoms with Crippen LogP contribution >= 0.6 is 11.9 Å². The summed E-state index contributed by atoms with van der Waals surface area (Å²) in [6.07, 6.45) is 6.39. The molecule has 1 aromatic rings. The highest BCUT2D eigenvalue weighted by molar-refractivity contribution is 7.98. The second-order valence-electron chi connectivity index (χ2n) is 7.84. The third-order valence-electron chi connectivity index (χ3n) is 5.73. The smallest absolute Gasteiger partial charge is 0.123 e. The predicted molar refractivity (Wildman–Crippen MR) is 102 cm³/mol. The molecule has 0 unspecified atom stereocenters. The van der Waals surface area contributed by atoms with Crippen LogP contribution in [0.5, 0.6) is 5.75 Å². The standard InChI is InChI=1S/C20H28N2OS/c1-15(2)14-23-18-6-4-16(5-7-18)20-10-8-17(9-11-20)22-12-3-13-24-21-19(20)22/h4-7,15,17H,3,8-14H2,1-2H3. The summed E-state index contributed by atoms with van der Waals surface area (Å²) < 4.78 is 10.9. The maximum atomic E-state index is 5.87. The molecule has 2 saturated heterocycles. The molecule has 1 saturated carbocycles. The largest absolute Gasteiger partial charge is 0.493 e. The Bertz CT molecular complexity index is 603. The van der Waals surface area contributed by atoms with Crippen molar-refractivity contribution in [3.8, 4) is 5.75 Å². The SMILES string of the molecule is CC(C)COc1ccc(C23CCC(CC2)N2CCCSN=C23)cc1. The zero-order chi connectivity index (χ0) is 16.6. The van der Waals surface area contributed by atoms with Gasteiger partial charge in [-0.15, -0.1) is 0 Å². The molecule has 1 aromatic carbocycles. The van der Waals surface area contributed by atoms with Crippen molar-refractivity contribution in [2.24, 2.45) is 10.3 Å². The highest BCUT2D eigenvalue weighted by Gasteiger charge is 2.50. The lowest BCUT2D eigenvalue weighted by molar-refractivity contribution is 0.149. The highest BCUT2D eigenvalue weighted by atomic mass is 32.2. The van der Waals surface area contributed by atoms with Crippen LogP contribution in [-0.4, -0.2) is 35.7 Å². The number of amidine groups is 1. The molecule has 130 valence electrons. The Labute approximate surface area is 150 Å². The first-order valence-corrected chi connectivity index (χ1v) is 10.3. The van der Waals surface area contributed by atoms with Crippen molar-refractivity contribution in [3.63, 3.8) is 0 Å². The van der Waals surface area contributed by atoms with E-state index in [2.05, 4.69) is 43.0 Å². The Morgan fingerprint density at radius 2 is 2.00 bits per heavy atom. The molecule has 0 aromatic heterocycles. The Hall–Kier alpha value is -1.16. The van der Waals surface area contributed by atoms with Gasteiger partial charge < -0.3 is 9.64 Å². The van der Waals surface area contributed by atoms with E-state index >= 15 is 0 Å². The van der Waals surface area contributed by atoms with Gasteiger partial charge in [-0.3, -0.25) is 0 Å². The van der Waals surface area contributed by atoms with Gasteiger partial charge in [0.05, 0.1) is 12.0 Å². The molecular weight excluding hydrogens is 316 g/mol. The first kappa shape index (κ1) is 16.3. The summed E-state index contributed by atoms with van der Waals surface area (Å²) in [5.41, 5.74) is 1.58. The lowest BCUT2D eigenvalue weighted by Gasteiger charge is -2.54. The molecule has 0 N–H and O–H groups in total. The molecule has 2 bridgehead atoms. The monoisotopic (exact) mass is 344 g/mol. The van der Waals surface area contributed by atoms with Gasteiger partial charge in [-0.25, -0.2) is 4.40 Å². The molecular formula is C20H28N2OS. The Morgan fingerprint density at radius 1 is 1.25 bits per heavy atom. The minimum absolute atomic E-state index is 0.142. The Kier molecular flexibility index (Phi) is 4.50. The zero-order valence-corrected chi connectivity index (χ0v) is 15.6. The summed E-state index contributed by atoms with van der Waals surface area (Å²) in [6, 6.07) is 9.62. The first-order chi connectivity index (χ1) is 11.7. The fourth-order valence-corrected chi connectivity index (χ4v) is 5.22. The summed E-state index contributed by atoms with van der Waals surface area (Å²) in [6.45, 7) is 6.34. The summed E-state index contributed by atoms with van der Waals surface area (Å²) in [4.78, 5) is 2.64. The van der Waals surface area contributed by atoms with Gasteiger partial charge in [0.1, 0.15) is 11.6 Å². The molecule has 0 amide bonds. The van der Waals surface area contributed by atoms with Crippen molar-refractivity contribution in [3.05, 3.63) is 29.8 Å². The van der Waals surface area contributed by atoms with Gasteiger partial charge >= 0.3 is 0 Å². The Balaban J connectivity index is 1.62. The third kappa shape index (κ3) is 2.83. The molecule has 1 aliphatic carbocycles. The van der Waals surface area contributed by atoms with Crippen molar-refractivity contribution in [1.82, 2.24) is 4.90 Å². The second kappa shape index (κ2) is 6.62. The van der Waals surface area contributed by atoms with E-state index in [4.69, 9.17) is 9.13 Å². The van der Waals surface area contributed by atoms with Crippen LogP contribution in [0.3, 0.4) is 0 Å². The molecule has 0 atom stereocenters. The lowest BCUT2D eigenvalue weighted by Crippen LogP contribution is -2.60. The van der Waals surface area contributed by atoms with Gasteiger partial charge in [-0.05, 0) is 67.7 Å². The van der Waals surface area contributed by atoms with E-state index in [0.29, 0.717) is 5.92 Å². The maximum Gasteiger partial charge on any atom is 0.123 e. The van der Waals surface area contributed by atoms with Crippen molar-refractivity contribution in [2.75, 3.05) is 18.9 Å². The van der Waals surface area contributed by atoms with Crippen LogP contribution in [0.25, 0.3) is 0 Å². The summed E-state index contributed by atoms with van der Waals surface area (Å²) >= 11 is 1.77. The van der Waals surface area contributed by atoms with Crippen LogP contribution < -0.4 is 4.74 Å². The van der Waals surface area contributed by atoms with E-state index in [-0.39, 0.29) is 5.41 Å². The summed E-state index contributed by atoms with van der Waals surface area (Å²) in [5, 5.41) is 0. The van der Waals surface area contributed by atoms with Crippen LogP contribution in [0.15, 0.2) is 28.7 Å². The van der Waals surface area contributed by atoms with Crippen LogP contribution in [0.2, 0.25) is 0 Å². The second-order valence-corrected chi connectivity index (χ2v) is 8.69. The summed E-state index contributed by atoms with van der Waals surface area (Å²) in [7, 11) is 0. The van der Waals surface area contributed by atoms with E-state index < -0.39 is 0 Å². The highest BCUT2D eigenvalue weighted by Crippen LogP contribution is 2.49. The van der Waals surface area contributed by atoms with Crippen molar-refractivity contribution in [2.45, 2.75) is 57.4 Å². The number of rotatable bonds is 4. The maximum absolute atomic E-state index is 5.87. The molecule has 4 aliphatic rings. The lowest BCUT2D eigenvalue weighted by atomic mass is 9.63. The molecule has 0 spiro atoms. The van der Waals surface area contributed by atoms with Gasteiger partial charge in [0.15, 0.2) is 0 Å². The molecule has 3 fully saturated rings. The van der Waals surface area contributed by atoms with E-state index in [1.807, 2.05) is 0 Å². The van der Waals surface area contributed by atoms with Gasteiger partial charge in [-0.2, -0.15) is 0 Å². The van der Waals surface area contributed by atoms with Crippen LogP contribution in [-0.2, 0) is 5.41 Å². The van der Waals surface area contributed by atoms with Crippen LogP contribution in [0, 0.1) is 5.92 Å². The van der Waals surface area contributed by atoms with Crippen molar-refractivity contribution in [1.29, 1.82) is 0 Å². The average Bonchev–Trinajstić information content (AvgIpc) is 2.89. The van der Waals surface area contributed by atoms with Gasteiger partial charge in [0, 0.05) is 18.3 Å². The van der Waals surface area contributed by atoms with Crippen molar-refractivity contribution >= 4 is 17.8 Å². The molecule has 24 heavy (non-hydrogen) atoms. The molecule has 3 aliphatic heterocycles. The number of hydrogen-bond donors (Lipinski definition) is 0. The van der Waals surface area contributed by atoms with Gasteiger partial charge in [0.2, 0.25) is 0 Å². The fourth-order valence-electron chi connectivity index (χ4n) is 4.46. The van der Waals surface area contributed by atoms with Crippen molar-refractivity contribution < 1.29 is 4.74 Å². The minimum atomic E-state index is 0.142. The minimum Gasteiger partial charge on any atom is -0.493 e. The number of fused-ring (bicyclic) bond motifs is 2. The number of ether oxygens (including phenoxy) is 1. The van der Waals surface area contributed by atoms with E-state index in [9.17, 15) is 0 Å². The molecule has 3 nitrogen and oxygen atoms in total. The molecule has 0 radical (unpaired) electrons. The Morgan fingerprint density at radius 3 is 2.71 bits per heavy atom. The van der Waals surface area contributed by atoms with Crippen LogP contribution in [0.4, 0.5) is 0 Å². The van der Waals surface area contributed by atoms with E-state index in [0.717, 1.165) is 24.2 Å². The topological polar surface area (TPSA) is 24.8 Å². The number of nitrogens with zero attached hydrogens (tertiary/aromatic N) is 2. The molecule has 4 heteroatoms. The van der Waals surface area contributed by atoms with Gasteiger partial charge in [-0.1, -0.05) is 26.0 Å². The van der Waals surface area contributed by atoms with E-state index in [1.165, 1.54) is 50.0 Å². The third-order valence-corrected chi connectivity index (χ3v) is 6.50. The number of piperidine rings is 2. The fraction of sp³-hybridized carbons (Fsp3) is 0.650. The van der Waals surface area contributed by atoms with E-state index in [1.54, 1.807) is 11.9 Å². The normalized spacial score (nSPS) is 29.2. The quantitative estimate of drug-likeness (QED) is 0.742. The summed E-state index contributed by atoms with van der Waals surface area (Å²) in [5.74, 6) is 4.07. The average molecular weight is 345 g/mol. The molecule has 5 rings (SSSR count).